The second kappa shape index (κ2) is 6.15. The zero-order valence-corrected chi connectivity index (χ0v) is 12.5. The molecule has 1 atom stereocenters. The van der Waals surface area contributed by atoms with Crippen molar-refractivity contribution < 1.29 is 4.79 Å². The summed E-state index contributed by atoms with van der Waals surface area (Å²) in [6, 6.07) is 13.1. The van der Waals surface area contributed by atoms with E-state index in [2.05, 4.69) is 10.3 Å². The highest BCUT2D eigenvalue weighted by atomic mass is 16.2. The molecule has 1 saturated heterocycles. The van der Waals surface area contributed by atoms with E-state index in [0.717, 1.165) is 24.3 Å². The third-order valence-electron chi connectivity index (χ3n) is 3.99. The SMILES string of the molecule is C[C@H]1CNCCN1C(=O)c1ccc(-c2ccccc2)[nH]c1=O. The molecule has 5 nitrogen and oxygen atoms in total. The van der Waals surface area contributed by atoms with Crippen molar-refractivity contribution in [1.82, 2.24) is 15.2 Å². The zero-order chi connectivity index (χ0) is 15.5. The average molecular weight is 297 g/mol. The topological polar surface area (TPSA) is 65.2 Å². The van der Waals surface area contributed by atoms with Gasteiger partial charge in [-0.1, -0.05) is 30.3 Å². The molecule has 0 aliphatic carbocycles. The fraction of sp³-hybridized carbons (Fsp3) is 0.294. The number of carbonyl (C=O) groups excluding carboxylic acids is 1. The van der Waals surface area contributed by atoms with Crippen LogP contribution in [0.25, 0.3) is 11.3 Å². The van der Waals surface area contributed by atoms with Crippen LogP contribution in [0.2, 0.25) is 0 Å². The second-order valence-corrected chi connectivity index (χ2v) is 5.53. The fourth-order valence-electron chi connectivity index (χ4n) is 2.73. The van der Waals surface area contributed by atoms with E-state index in [-0.39, 0.29) is 23.1 Å². The molecule has 114 valence electrons. The molecule has 0 unspecified atom stereocenters. The van der Waals surface area contributed by atoms with Gasteiger partial charge in [0.1, 0.15) is 5.56 Å². The lowest BCUT2D eigenvalue weighted by molar-refractivity contribution is 0.0654. The van der Waals surface area contributed by atoms with Gasteiger partial charge in [0.25, 0.3) is 11.5 Å². The number of aromatic amines is 1. The van der Waals surface area contributed by atoms with Crippen molar-refractivity contribution in [3.8, 4) is 11.3 Å². The van der Waals surface area contributed by atoms with Crippen molar-refractivity contribution in [2.24, 2.45) is 0 Å². The molecule has 0 radical (unpaired) electrons. The van der Waals surface area contributed by atoms with Crippen LogP contribution in [0, 0.1) is 0 Å². The van der Waals surface area contributed by atoms with Gasteiger partial charge < -0.3 is 15.2 Å². The highest BCUT2D eigenvalue weighted by Crippen LogP contribution is 2.15. The van der Waals surface area contributed by atoms with Crippen molar-refractivity contribution in [3.63, 3.8) is 0 Å². The first-order valence-electron chi connectivity index (χ1n) is 7.47. The lowest BCUT2D eigenvalue weighted by atomic mass is 10.1. The number of hydrogen-bond acceptors (Lipinski definition) is 3. The molecule has 2 heterocycles. The number of nitrogens with one attached hydrogen (secondary N) is 2. The maximum atomic E-state index is 12.6. The normalized spacial score (nSPS) is 18.2. The van der Waals surface area contributed by atoms with Crippen LogP contribution in [0.15, 0.2) is 47.3 Å². The van der Waals surface area contributed by atoms with Crippen LogP contribution >= 0.6 is 0 Å². The third kappa shape index (κ3) is 2.80. The number of nitrogens with zero attached hydrogens (tertiary/aromatic N) is 1. The van der Waals surface area contributed by atoms with Crippen LogP contribution in [0.1, 0.15) is 17.3 Å². The van der Waals surface area contributed by atoms with E-state index in [1.165, 1.54) is 0 Å². The Morgan fingerprint density at radius 2 is 1.95 bits per heavy atom. The van der Waals surface area contributed by atoms with Crippen molar-refractivity contribution in [2.45, 2.75) is 13.0 Å². The number of rotatable bonds is 2. The van der Waals surface area contributed by atoms with E-state index in [0.29, 0.717) is 6.54 Å². The molecule has 5 heteroatoms. The van der Waals surface area contributed by atoms with E-state index in [4.69, 9.17) is 0 Å². The van der Waals surface area contributed by atoms with E-state index >= 15 is 0 Å². The van der Waals surface area contributed by atoms with Crippen LogP contribution in [0.4, 0.5) is 0 Å². The minimum atomic E-state index is -0.336. The van der Waals surface area contributed by atoms with Crippen LogP contribution in [0.3, 0.4) is 0 Å². The Morgan fingerprint density at radius 3 is 2.64 bits per heavy atom. The number of hydrogen-bond donors (Lipinski definition) is 2. The van der Waals surface area contributed by atoms with Crippen molar-refractivity contribution in [2.75, 3.05) is 19.6 Å². The van der Waals surface area contributed by atoms with Crippen molar-refractivity contribution in [1.29, 1.82) is 0 Å². The molecule has 22 heavy (non-hydrogen) atoms. The number of piperazine rings is 1. The Kier molecular flexibility index (Phi) is 4.06. The zero-order valence-electron chi connectivity index (χ0n) is 12.5. The van der Waals surface area contributed by atoms with Gasteiger partial charge in [0.2, 0.25) is 0 Å². The third-order valence-corrected chi connectivity index (χ3v) is 3.99. The summed E-state index contributed by atoms with van der Waals surface area (Å²) < 4.78 is 0. The van der Waals surface area contributed by atoms with Gasteiger partial charge in [-0.2, -0.15) is 0 Å². The first kappa shape index (κ1) is 14.5. The lowest BCUT2D eigenvalue weighted by Crippen LogP contribution is -2.53. The van der Waals surface area contributed by atoms with E-state index in [9.17, 15) is 9.59 Å². The Hall–Kier alpha value is -2.40. The highest BCUT2D eigenvalue weighted by Gasteiger charge is 2.25. The van der Waals surface area contributed by atoms with E-state index in [1.54, 1.807) is 17.0 Å². The van der Waals surface area contributed by atoms with Gasteiger partial charge in [-0.15, -0.1) is 0 Å². The first-order chi connectivity index (χ1) is 10.7. The van der Waals surface area contributed by atoms with Crippen LogP contribution < -0.4 is 10.9 Å². The number of carbonyl (C=O) groups is 1. The molecular weight excluding hydrogens is 278 g/mol. The minimum Gasteiger partial charge on any atom is -0.333 e. The molecule has 1 aromatic heterocycles. The molecule has 1 aliphatic rings. The van der Waals surface area contributed by atoms with Gasteiger partial charge in [0, 0.05) is 31.4 Å². The summed E-state index contributed by atoms with van der Waals surface area (Å²) >= 11 is 0. The monoisotopic (exact) mass is 297 g/mol. The summed E-state index contributed by atoms with van der Waals surface area (Å²) in [7, 11) is 0. The van der Waals surface area contributed by atoms with Crippen LogP contribution in [0.5, 0.6) is 0 Å². The highest BCUT2D eigenvalue weighted by molar-refractivity contribution is 5.94. The van der Waals surface area contributed by atoms with E-state index < -0.39 is 0 Å². The van der Waals surface area contributed by atoms with E-state index in [1.807, 2.05) is 37.3 Å². The Bertz CT molecular complexity index is 724. The number of amides is 1. The first-order valence-corrected chi connectivity index (χ1v) is 7.47. The van der Waals surface area contributed by atoms with Gasteiger partial charge >= 0.3 is 0 Å². The minimum absolute atomic E-state index is 0.0921. The number of aromatic nitrogens is 1. The molecular formula is C17H19N3O2. The lowest BCUT2D eigenvalue weighted by Gasteiger charge is -2.33. The Balaban J connectivity index is 1.89. The molecule has 0 saturated carbocycles. The van der Waals surface area contributed by atoms with Gasteiger partial charge in [-0.05, 0) is 24.6 Å². The largest absolute Gasteiger partial charge is 0.333 e. The quantitative estimate of drug-likeness (QED) is 0.882. The molecule has 3 rings (SSSR count). The van der Waals surface area contributed by atoms with Gasteiger partial charge in [0.05, 0.1) is 0 Å². The molecule has 1 fully saturated rings. The van der Waals surface area contributed by atoms with Crippen molar-refractivity contribution >= 4 is 5.91 Å². The van der Waals surface area contributed by atoms with Gasteiger partial charge in [0.15, 0.2) is 0 Å². The maximum Gasteiger partial charge on any atom is 0.261 e. The summed E-state index contributed by atoms with van der Waals surface area (Å²) in [6.45, 7) is 4.12. The molecule has 1 aliphatic heterocycles. The Morgan fingerprint density at radius 1 is 1.18 bits per heavy atom. The number of benzene rings is 1. The summed E-state index contributed by atoms with van der Waals surface area (Å²) in [6.07, 6.45) is 0. The summed E-state index contributed by atoms with van der Waals surface area (Å²) in [5.74, 6) is -0.199. The second-order valence-electron chi connectivity index (χ2n) is 5.53. The Labute approximate surface area is 129 Å². The maximum absolute atomic E-state index is 12.6. The molecule has 1 amide bonds. The molecule has 2 N–H and O–H groups in total. The smallest absolute Gasteiger partial charge is 0.261 e. The summed E-state index contributed by atoms with van der Waals surface area (Å²) in [5.41, 5.74) is 1.51. The standard InChI is InChI=1S/C17H19N3O2/c1-12-11-18-9-10-20(12)17(22)14-7-8-15(19-16(14)21)13-5-3-2-4-6-13/h2-8,12,18H,9-11H2,1H3,(H,19,21)/t12-/m0/s1. The van der Waals surface area contributed by atoms with Gasteiger partial charge in [-0.25, -0.2) is 0 Å². The molecule has 0 bridgehead atoms. The number of pyridine rings is 1. The molecule has 0 spiro atoms. The average Bonchev–Trinajstić information content (AvgIpc) is 2.55. The predicted molar refractivity (Wildman–Crippen MR) is 85.9 cm³/mol. The molecule has 2 aromatic rings. The van der Waals surface area contributed by atoms with Crippen molar-refractivity contribution in [3.05, 3.63) is 58.4 Å². The summed E-state index contributed by atoms with van der Waals surface area (Å²) in [5, 5.41) is 3.24. The number of H-pyrrole nitrogens is 1. The van der Waals surface area contributed by atoms with Crippen LogP contribution in [-0.2, 0) is 0 Å². The fourth-order valence-corrected chi connectivity index (χ4v) is 2.73. The predicted octanol–water partition coefficient (Wildman–Crippen LogP) is 1.48. The van der Waals surface area contributed by atoms with Gasteiger partial charge in [-0.3, -0.25) is 9.59 Å². The summed E-state index contributed by atoms with van der Waals surface area (Å²) in [4.78, 5) is 29.4. The molecule has 1 aromatic carbocycles. The van der Waals surface area contributed by atoms with Crippen LogP contribution in [-0.4, -0.2) is 41.5 Å².